The van der Waals surface area contributed by atoms with E-state index in [1.165, 1.54) is 0 Å². The molecule has 138 valence electrons. The quantitative estimate of drug-likeness (QED) is 0.834. The molecule has 0 aliphatic heterocycles. The zero-order chi connectivity index (χ0) is 18.6. The average molecular weight is 352 g/mol. The van der Waals surface area contributed by atoms with Crippen LogP contribution in [0, 0.1) is 6.92 Å². The highest BCUT2D eigenvalue weighted by molar-refractivity contribution is 5.88. The molecule has 0 radical (unpaired) electrons. The standard InChI is InChI=1S/C22H28N2O2/c1-16-10-11-18(14-20(16)26-2)22(12-6-7-13-22)21(25)24-15-19(23)17-8-4-3-5-9-17/h3-5,8-11,14,19H,6-7,12-13,15,23H2,1-2H3,(H,24,25). The molecular formula is C22H28N2O2. The highest BCUT2D eigenvalue weighted by Gasteiger charge is 2.42. The van der Waals surface area contributed by atoms with Crippen molar-refractivity contribution in [2.75, 3.05) is 13.7 Å². The van der Waals surface area contributed by atoms with Gasteiger partial charge < -0.3 is 15.8 Å². The van der Waals surface area contributed by atoms with E-state index in [4.69, 9.17) is 10.5 Å². The fourth-order valence-corrected chi connectivity index (χ4v) is 3.93. The number of nitrogens with two attached hydrogens (primary N) is 1. The lowest BCUT2D eigenvalue weighted by molar-refractivity contribution is -0.126. The number of amides is 1. The summed E-state index contributed by atoms with van der Waals surface area (Å²) in [5, 5.41) is 3.11. The van der Waals surface area contributed by atoms with Gasteiger partial charge in [0.05, 0.1) is 12.5 Å². The Kier molecular flexibility index (Phi) is 5.62. The lowest BCUT2D eigenvalue weighted by Gasteiger charge is -2.29. The third-order valence-corrected chi connectivity index (χ3v) is 5.56. The van der Waals surface area contributed by atoms with E-state index in [9.17, 15) is 4.79 Å². The third kappa shape index (κ3) is 3.61. The van der Waals surface area contributed by atoms with E-state index in [0.717, 1.165) is 48.1 Å². The van der Waals surface area contributed by atoms with Crippen LogP contribution in [-0.2, 0) is 10.2 Å². The van der Waals surface area contributed by atoms with Crippen LogP contribution in [0.5, 0.6) is 5.75 Å². The first-order valence-electron chi connectivity index (χ1n) is 9.31. The summed E-state index contributed by atoms with van der Waals surface area (Å²) >= 11 is 0. The summed E-state index contributed by atoms with van der Waals surface area (Å²) < 4.78 is 5.47. The third-order valence-electron chi connectivity index (χ3n) is 5.56. The highest BCUT2D eigenvalue weighted by Crippen LogP contribution is 2.42. The van der Waals surface area contributed by atoms with Crippen LogP contribution in [0.15, 0.2) is 48.5 Å². The predicted molar refractivity (Wildman–Crippen MR) is 104 cm³/mol. The maximum absolute atomic E-state index is 13.2. The minimum atomic E-state index is -0.475. The Bertz CT molecular complexity index is 752. The first-order valence-corrected chi connectivity index (χ1v) is 9.31. The van der Waals surface area contributed by atoms with Gasteiger partial charge in [0, 0.05) is 12.6 Å². The molecule has 26 heavy (non-hydrogen) atoms. The van der Waals surface area contributed by atoms with Gasteiger partial charge in [-0.15, -0.1) is 0 Å². The minimum absolute atomic E-state index is 0.0762. The van der Waals surface area contributed by atoms with Crippen molar-refractivity contribution in [2.45, 2.75) is 44.1 Å². The van der Waals surface area contributed by atoms with Gasteiger partial charge >= 0.3 is 0 Å². The van der Waals surface area contributed by atoms with Gasteiger partial charge in [-0.25, -0.2) is 0 Å². The number of ether oxygens (including phenoxy) is 1. The second-order valence-corrected chi connectivity index (χ2v) is 7.20. The monoisotopic (exact) mass is 352 g/mol. The first kappa shape index (κ1) is 18.5. The highest BCUT2D eigenvalue weighted by atomic mass is 16.5. The summed E-state index contributed by atoms with van der Waals surface area (Å²) in [4.78, 5) is 13.2. The summed E-state index contributed by atoms with van der Waals surface area (Å²) in [6, 6.07) is 15.8. The Hall–Kier alpha value is -2.33. The van der Waals surface area contributed by atoms with Crippen LogP contribution < -0.4 is 15.8 Å². The van der Waals surface area contributed by atoms with E-state index in [1.54, 1.807) is 7.11 Å². The van der Waals surface area contributed by atoms with Crippen molar-refractivity contribution in [3.8, 4) is 5.75 Å². The van der Waals surface area contributed by atoms with Crippen LogP contribution in [0.25, 0.3) is 0 Å². The molecule has 1 fully saturated rings. The molecule has 0 aromatic heterocycles. The molecule has 0 spiro atoms. The molecular weight excluding hydrogens is 324 g/mol. The molecule has 1 atom stereocenters. The molecule has 1 saturated carbocycles. The number of hydrogen-bond donors (Lipinski definition) is 2. The van der Waals surface area contributed by atoms with E-state index >= 15 is 0 Å². The predicted octanol–water partition coefficient (Wildman–Crippen LogP) is 3.63. The number of benzene rings is 2. The van der Waals surface area contributed by atoms with Gasteiger partial charge in [0.15, 0.2) is 0 Å². The van der Waals surface area contributed by atoms with Gasteiger partial charge in [0.25, 0.3) is 0 Å². The summed E-state index contributed by atoms with van der Waals surface area (Å²) in [5.74, 6) is 0.912. The van der Waals surface area contributed by atoms with Crippen molar-refractivity contribution in [1.82, 2.24) is 5.32 Å². The summed E-state index contributed by atoms with van der Waals surface area (Å²) in [6.45, 7) is 2.45. The Morgan fingerprint density at radius 1 is 1.19 bits per heavy atom. The van der Waals surface area contributed by atoms with Gasteiger partial charge in [-0.2, -0.15) is 0 Å². The van der Waals surface area contributed by atoms with Crippen molar-refractivity contribution >= 4 is 5.91 Å². The van der Waals surface area contributed by atoms with Crippen LogP contribution in [0.4, 0.5) is 0 Å². The van der Waals surface area contributed by atoms with Crippen molar-refractivity contribution < 1.29 is 9.53 Å². The van der Waals surface area contributed by atoms with Gasteiger partial charge in [0.2, 0.25) is 5.91 Å². The number of hydrogen-bond acceptors (Lipinski definition) is 3. The molecule has 4 nitrogen and oxygen atoms in total. The molecule has 3 N–H and O–H groups in total. The zero-order valence-electron chi connectivity index (χ0n) is 15.6. The van der Waals surface area contributed by atoms with Crippen molar-refractivity contribution in [3.05, 3.63) is 65.2 Å². The van der Waals surface area contributed by atoms with Crippen LogP contribution in [0.3, 0.4) is 0 Å². The van der Waals surface area contributed by atoms with Crippen LogP contribution >= 0.6 is 0 Å². The van der Waals surface area contributed by atoms with E-state index in [0.29, 0.717) is 6.54 Å². The molecule has 4 heteroatoms. The van der Waals surface area contributed by atoms with Crippen molar-refractivity contribution in [3.63, 3.8) is 0 Å². The maximum atomic E-state index is 13.2. The van der Waals surface area contributed by atoms with E-state index in [1.807, 2.05) is 49.4 Å². The first-order chi connectivity index (χ1) is 12.6. The largest absolute Gasteiger partial charge is 0.496 e. The Labute approximate surface area is 155 Å². The normalized spacial score (nSPS) is 16.9. The molecule has 2 aromatic carbocycles. The summed E-state index contributed by atoms with van der Waals surface area (Å²) in [7, 11) is 1.67. The molecule has 1 aliphatic rings. The summed E-state index contributed by atoms with van der Waals surface area (Å²) in [5.41, 5.74) is 8.94. The minimum Gasteiger partial charge on any atom is -0.496 e. The van der Waals surface area contributed by atoms with Crippen LogP contribution in [0.2, 0.25) is 0 Å². The lowest BCUT2D eigenvalue weighted by atomic mass is 9.77. The number of aryl methyl sites for hydroxylation is 1. The molecule has 1 unspecified atom stereocenters. The van der Waals surface area contributed by atoms with Gasteiger partial charge in [-0.3, -0.25) is 4.79 Å². The second kappa shape index (κ2) is 7.92. The zero-order valence-corrected chi connectivity index (χ0v) is 15.6. The van der Waals surface area contributed by atoms with Gasteiger partial charge in [0.1, 0.15) is 5.75 Å². The SMILES string of the molecule is COc1cc(C2(C(=O)NCC(N)c3ccccc3)CCCC2)ccc1C. The number of nitrogens with one attached hydrogen (secondary N) is 1. The smallest absolute Gasteiger partial charge is 0.230 e. The Balaban J connectivity index is 1.78. The topological polar surface area (TPSA) is 64.3 Å². The van der Waals surface area contributed by atoms with Crippen LogP contribution in [-0.4, -0.2) is 19.6 Å². The average Bonchev–Trinajstić information content (AvgIpc) is 3.18. The number of methoxy groups -OCH3 is 1. The Morgan fingerprint density at radius 3 is 2.54 bits per heavy atom. The van der Waals surface area contributed by atoms with Crippen molar-refractivity contribution in [2.24, 2.45) is 5.73 Å². The van der Waals surface area contributed by atoms with Crippen molar-refractivity contribution in [1.29, 1.82) is 0 Å². The molecule has 2 aromatic rings. The molecule has 1 aliphatic carbocycles. The maximum Gasteiger partial charge on any atom is 0.230 e. The fourth-order valence-electron chi connectivity index (χ4n) is 3.93. The van der Waals surface area contributed by atoms with E-state index in [-0.39, 0.29) is 11.9 Å². The van der Waals surface area contributed by atoms with Gasteiger partial charge in [-0.05, 0) is 42.5 Å². The Morgan fingerprint density at radius 2 is 1.88 bits per heavy atom. The molecule has 3 rings (SSSR count). The van der Waals surface area contributed by atoms with Gasteiger partial charge in [-0.1, -0.05) is 55.3 Å². The molecule has 0 saturated heterocycles. The number of carbonyl (C=O) groups excluding carboxylic acids is 1. The fraction of sp³-hybridized carbons (Fsp3) is 0.409. The molecule has 0 heterocycles. The number of carbonyl (C=O) groups is 1. The van der Waals surface area contributed by atoms with E-state index < -0.39 is 5.41 Å². The van der Waals surface area contributed by atoms with Crippen LogP contribution in [0.1, 0.15) is 48.4 Å². The molecule has 1 amide bonds. The second-order valence-electron chi connectivity index (χ2n) is 7.20. The lowest BCUT2D eigenvalue weighted by Crippen LogP contribution is -2.44. The number of rotatable bonds is 6. The summed E-state index contributed by atoms with van der Waals surface area (Å²) in [6.07, 6.45) is 3.86. The van der Waals surface area contributed by atoms with E-state index in [2.05, 4.69) is 11.4 Å². The molecule has 0 bridgehead atoms.